The highest BCUT2D eigenvalue weighted by molar-refractivity contribution is 6.13. The first kappa shape index (κ1) is 16.7. The van der Waals surface area contributed by atoms with E-state index in [9.17, 15) is 9.90 Å². The van der Waals surface area contributed by atoms with Crippen LogP contribution >= 0.6 is 0 Å². The van der Waals surface area contributed by atoms with Crippen molar-refractivity contribution in [1.29, 1.82) is 0 Å². The van der Waals surface area contributed by atoms with Gasteiger partial charge in [-0.1, -0.05) is 6.07 Å². The molecule has 1 saturated heterocycles. The second-order valence-electron chi connectivity index (χ2n) is 6.60. The number of aliphatic hydroxyl groups excluding tert-OH is 1. The van der Waals surface area contributed by atoms with Crippen LogP contribution in [0, 0.1) is 0 Å². The van der Waals surface area contributed by atoms with Crippen molar-refractivity contribution in [3.8, 4) is 0 Å². The molecule has 4 rings (SSSR count). The van der Waals surface area contributed by atoms with Crippen LogP contribution in [-0.4, -0.2) is 64.1 Å². The van der Waals surface area contributed by atoms with Crippen LogP contribution in [0.5, 0.6) is 0 Å². The fraction of sp³-hybridized carbons (Fsp3) is 0.389. The van der Waals surface area contributed by atoms with E-state index in [4.69, 9.17) is 4.74 Å². The van der Waals surface area contributed by atoms with Gasteiger partial charge in [-0.3, -0.25) is 14.4 Å². The maximum atomic E-state index is 12.5. The molecule has 0 unspecified atom stereocenters. The Morgan fingerprint density at radius 1 is 1.38 bits per heavy atom. The summed E-state index contributed by atoms with van der Waals surface area (Å²) in [5, 5.41) is 18.4. The molecule has 0 saturated carbocycles. The number of aliphatic imine (C=N–C) groups is 1. The number of ether oxygens (including phenoxy) is 1. The number of nitrogens with one attached hydrogen (secondary N) is 1. The molecule has 0 aliphatic carbocycles. The Bertz CT molecular complexity index is 917. The molecule has 1 fully saturated rings. The maximum absolute atomic E-state index is 12.5. The number of carbonyl (C=O) groups excluding carboxylic acids is 1. The summed E-state index contributed by atoms with van der Waals surface area (Å²) in [5.74, 6) is 0.239. The zero-order chi connectivity index (χ0) is 18.3. The number of aromatic nitrogens is 2. The van der Waals surface area contributed by atoms with Crippen LogP contribution < -0.4 is 5.32 Å². The fourth-order valence-corrected chi connectivity index (χ4v) is 3.19. The number of likely N-dealkylation sites (N-methyl/N-ethyl adjacent to an activating group) is 1. The highest BCUT2D eigenvalue weighted by Crippen LogP contribution is 2.21. The van der Waals surface area contributed by atoms with E-state index in [0.717, 1.165) is 16.5 Å². The van der Waals surface area contributed by atoms with Gasteiger partial charge in [-0.05, 0) is 30.2 Å². The molecule has 0 bridgehead atoms. The Morgan fingerprint density at radius 3 is 3.04 bits per heavy atom. The van der Waals surface area contributed by atoms with Gasteiger partial charge in [0, 0.05) is 26.1 Å². The third-order valence-corrected chi connectivity index (χ3v) is 4.78. The summed E-state index contributed by atoms with van der Waals surface area (Å²) in [6.07, 6.45) is 3.60. The number of carbonyl (C=O) groups is 1. The second kappa shape index (κ2) is 6.54. The number of aliphatic hydroxyl groups is 1. The molecular weight excluding hydrogens is 334 g/mol. The van der Waals surface area contributed by atoms with Crippen LogP contribution in [0.2, 0.25) is 0 Å². The highest BCUT2D eigenvalue weighted by Gasteiger charge is 2.31. The average molecular weight is 355 g/mol. The molecule has 1 aromatic heterocycles. The summed E-state index contributed by atoms with van der Waals surface area (Å²) in [4.78, 5) is 18.4. The van der Waals surface area contributed by atoms with Crippen molar-refractivity contribution < 1.29 is 14.6 Å². The molecule has 0 spiro atoms. The standard InChI is InChI=1S/C18H21N5O3/c1-22-17(25)13(20-18(22)21-14-10-26-6-5-16(14)24)8-11-3-4-15-12(7-11)9-19-23(15)2/h3-4,7-9,14,16,24H,5-6,10H2,1-2H3,(H,20,21)/b13-8-/t14-,16-/m1/s1. The molecule has 2 aliphatic rings. The molecule has 2 aromatic rings. The number of hydrogen-bond acceptors (Lipinski definition) is 6. The number of hydrogen-bond donors (Lipinski definition) is 2. The van der Waals surface area contributed by atoms with Gasteiger partial charge in [0.2, 0.25) is 5.96 Å². The lowest BCUT2D eigenvalue weighted by Gasteiger charge is -2.30. The van der Waals surface area contributed by atoms with E-state index in [0.29, 0.717) is 31.3 Å². The Balaban J connectivity index is 1.59. The van der Waals surface area contributed by atoms with E-state index in [2.05, 4.69) is 15.4 Å². The van der Waals surface area contributed by atoms with Crippen molar-refractivity contribution in [3.05, 3.63) is 35.7 Å². The first-order valence-corrected chi connectivity index (χ1v) is 8.55. The molecule has 3 heterocycles. The molecule has 1 amide bonds. The number of rotatable bonds is 2. The van der Waals surface area contributed by atoms with Gasteiger partial charge in [-0.2, -0.15) is 5.10 Å². The second-order valence-corrected chi connectivity index (χ2v) is 6.60. The minimum Gasteiger partial charge on any atom is -0.391 e. The summed E-state index contributed by atoms with van der Waals surface area (Å²) in [7, 11) is 3.55. The maximum Gasteiger partial charge on any atom is 0.279 e. The van der Waals surface area contributed by atoms with Gasteiger partial charge < -0.3 is 15.2 Å². The normalized spacial score (nSPS) is 25.2. The molecular formula is C18H21N5O3. The van der Waals surface area contributed by atoms with Gasteiger partial charge in [-0.15, -0.1) is 0 Å². The number of guanidine groups is 1. The third-order valence-electron chi connectivity index (χ3n) is 4.78. The van der Waals surface area contributed by atoms with E-state index in [-0.39, 0.29) is 11.9 Å². The first-order valence-electron chi connectivity index (χ1n) is 8.55. The van der Waals surface area contributed by atoms with E-state index >= 15 is 0 Å². The predicted molar refractivity (Wildman–Crippen MR) is 97.3 cm³/mol. The van der Waals surface area contributed by atoms with Gasteiger partial charge in [0.25, 0.3) is 5.91 Å². The SMILES string of the molecule is CN1C(=O)/C(=C/c2ccc3c(cnn3C)c2)N=C1N[C@@H]1COCC[C@H]1O. The monoisotopic (exact) mass is 355 g/mol. The summed E-state index contributed by atoms with van der Waals surface area (Å²) in [6, 6.07) is 5.60. The first-order chi connectivity index (χ1) is 12.5. The quantitative estimate of drug-likeness (QED) is 0.765. The van der Waals surface area contributed by atoms with Gasteiger partial charge in [0.05, 0.1) is 30.5 Å². The Kier molecular flexibility index (Phi) is 4.21. The van der Waals surface area contributed by atoms with Crippen molar-refractivity contribution >= 4 is 28.8 Å². The Labute approximate surface area is 150 Å². The lowest BCUT2D eigenvalue weighted by molar-refractivity contribution is -0.121. The number of benzene rings is 1. The topological polar surface area (TPSA) is 92.0 Å². The van der Waals surface area contributed by atoms with Crippen molar-refractivity contribution in [2.75, 3.05) is 20.3 Å². The van der Waals surface area contributed by atoms with Crippen LogP contribution in [0.4, 0.5) is 0 Å². The molecule has 1 aromatic carbocycles. The van der Waals surface area contributed by atoms with Crippen molar-refractivity contribution in [3.63, 3.8) is 0 Å². The molecule has 0 radical (unpaired) electrons. The van der Waals surface area contributed by atoms with Crippen LogP contribution in [0.3, 0.4) is 0 Å². The van der Waals surface area contributed by atoms with Gasteiger partial charge in [-0.25, -0.2) is 4.99 Å². The van der Waals surface area contributed by atoms with Crippen molar-refractivity contribution in [2.24, 2.45) is 12.0 Å². The molecule has 2 atom stereocenters. The summed E-state index contributed by atoms with van der Waals surface area (Å²) in [5.41, 5.74) is 2.26. The summed E-state index contributed by atoms with van der Waals surface area (Å²) < 4.78 is 7.19. The molecule has 2 N–H and O–H groups in total. The molecule has 136 valence electrons. The van der Waals surface area contributed by atoms with Crippen molar-refractivity contribution in [1.82, 2.24) is 20.0 Å². The van der Waals surface area contributed by atoms with Crippen molar-refractivity contribution in [2.45, 2.75) is 18.6 Å². The number of amides is 1. The zero-order valence-electron chi connectivity index (χ0n) is 14.7. The molecule has 8 nitrogen and oxygen atoms in total. The largest absolute Gasteiger partial charge is 0.391 e. The smallest absolute Gasteiger partial charge is 0.279 e. The van der Waals surface area contributed by atoms with E-state index in [1.807, 2.05) is 25.2 Å². The van der Waals surface area contributed by atoms with Gasteiger partial charge in [0.15, 0.2) is 0 Å². The van der Waals surface area contributed by atoms with E-state index < -0.39 is 6.10 Å². The predicted octanol–water partition coefficient (Wildman–Crippen LogP) is 0.482. The van der Waals surface area contributed by atoms with Gasteiger partial charge >= 0.3 is 0 Å². The lowest BCUT2D eigenvalue weighted by Crippen LogP contribution is -2.52. The Morgan fingerprint density at radius 2 is 2.23 bits per heavy atom. The Hall–Kier alpha value is -2.71. The van der Waals surface area contributed by atoms with Crippen LogP contribution in [0.15, 0.2) is 35.1 Å². The minimum atomic E-state index is -0.518. The summed E-state index contributed by atoms with van der Waals surface area (Å²) >= 11 is 0. The third kappa shape index (κ3) is 2.97. The van der Waals surface area contributed by atoms with E-state index in [1.54, 1.807) is 24.0 Å². The number of fused-ring (bicyclic) bond motifs is 1. The number of aryl methyl sites for hydroxylation is 1. The molecule has 26 heavy (non-hydrogen) atoms. The highest BCUT2D eigenvalue weighted by atomic mass is 16.5. The lowest BCUT2D eigenvalue weighted by atomic mass is 10.1. The number of nitrogens with zero attached hydrogens (tertiary/aromatic N) is 4. The van der Waals surface area contributed by atoms with Crippen LogP contribution in [-0.2, 0) is 16.6 Å². The average Bonchev–Trinajstić information content (AvgIpc) is 3.12. The molecule has 8 heteroatoms. The minimum absolute atomic E-state index is 0.190. The zero-order valence-corrected chi connectivity index (χ0v) is 14.7. The summed E-state index contributed by atoms with van der Waals surface area (Å²) in [6.45, 7) is 0.932. The van der Waals surface area contributed by atoms with Gasteiger partial charge in [0.1, 0.15) is 5.70 Å². The van der Waals surface area contributed by atoms with Crippen LogP contribution in [0.25, 0.3) is 17.0 Å². The fourth-order valence-electron chi connectivity index (χ4n) is 3.19. The molecule has 2 aliphatic heterocycles. The van der Waals surface area contributed by atoms with E-state index in [1.165, 1.54) is 4.90 Å². The van der Waals surface area contributed by atoms with Crippen LogP contribution in [0.1, 0.15) is 12.0 Å².